The fraction of sp³-hybridized carbons (Fsp3) is 0.381. The minimum absolute atomic E-state index is 0.0339. The molecule has 1 aliphatic heterocycles. The van der Waals surface area contributed by atoms with E-state index in [1.807, 2.05) is 18.2 Å². The Hall–Kier alpha value is -2.27. The van der Waals surface area contributed by atoms with Crippen molar-refractivity contribution in [3.8, 4) is 11.5 Å². The van der Waals surface area contributed by atoms with Crippen molar-refractivity contribution in [1.82, 2.24) is 4.90 Å². The van der Waals surface area contributed by atoms with Gasteiger partial charge in [-0.05, 0) is 29.3 Å². The average Bonchev–Trinajstić information content (AvgIpc) is 2.69. The van der Waals surface area contributed by atoms with Crippen LogP contribution in [0.2, 0.25) is 5.02 Å². The lowest BCUT2D eigenvalue weighted by Crippen LogP contribution is -2.44. The molecule has 3 rings (SSSR count). The van der Waals surface area contributed by atoms with E-state index in [1.165, 1.54) is 0 Å². The number of likely N-dealkylation sites (tertiary alicyclic amines) is 1. The number of benzene rings is 2. The maximum absolute atomic E-state index is 15.6. The summed E-state index contributed by atoms with van der Waals surface area (Å²) < 4.78 is 26.1. The van der Waals surface area contributed by atoms with Crippen LogP contribution in [0.4, 0.5) is 4.39 Å². The molecule has 1 heterocycles. The van der Waals surface area contributed by atoms with Crippen molar-refractivity contribution in [2.75, 3.05) is 27.3 Å². The van der Waals surface area contributed by atoms with Gasteiger partial charge in [-0.1, -0.05) is 29.8 Å². The Morgan fingerprint density at radius 3 is 2.26 bits per heavy atom. The van der Waals surface area contributed by atoms with Gasteiger partial charge in [0.2, 0.25) is 5.91 Å². The van der Waals surface area contributed by atoms with E-state index in [2.05, 4.69) is 0 Å². The monoisotopic (exact) mass is 391 g/mol. The largest absolute Gasteiger partial charge is 0.497 e. The standard InChI is InChI=1S/C21H23ClFNO3/c1-26-17-12-16(13-18(14-17)27-2)21(23)7-9-24(10-8-21)20(25)11-15-5-3-4-6-19(15)22/h3-6,12-14H,7-11H2,1-2H3. The summed E-state index contributed by atoms with van der Waals surface area (Å²) >= 11 is 6.14. The number of carbonyl (C=O) groups is 1. The lowest BCUT2D eigenvalue weighted by molar-refractivity contribution is -0.133. The second kappa shape index (κ2) is 8.17. The summed E-state index contributed by atoms with van der Waals surface area (Å²) in [5.74, 6) is 1.07. The van der Waals surface area contributed by atoms with E-state index >= 15 is 4.39 Å². The Morgan fingerprint density at radius 1 is 1.11 bits per heavy atom. The molecule has 4 nitrogen and oxygen atoms in total. The lowest BCUT2D eigenvalue weighted by Gasteiger charge is -2.37. The van der Waals surface area contributed by atoms with Crippen molar-refractivity contribution >= 4 is 17.5 Å². The van der Waals surface area contributed by atoms with Gasteiger partial charge in [0.25, 0.3) is 0 Å². The summed E-state index contributed by atoms with van der Waals surface area (Å²) in [5, 5.41) is 0.575. The zero-order valence-electron chi connectivity index (χ0n) is 15.5. The Morgan fingerprint density at radius 2 is 1.70 bits per heavy atom. The van der Waals surface area contributed by atoms with Gasteiger partial charge in [0.15, 0.2) is 0 Å². The smallest absolute Gasteiger partial charge is 0.227 e. The minimum atomic E-state index is -1.51. The first kappa shape index (κ1) is 19.5. The summed E-state index contributed by atoms with van der Waals surface area (Å²) in [4.78, 5) is 14.3. The van der Waals surface area contributed by atoms with Crippen molar-refractivity contribution < 1.29 is 18.7 Å². The topological polar surface area (TPSA) is 38.8 Å². The third-order valence-corrected chi connectivity index (χ3v) is 5.45. The van der Waals surface area contributed by atoms with Gasteiger partial charge in [-0.15, -0.1) is 0 Å². The van der Waals surface area contributed by atoms with E-state index in [1.54, 1.807) is 43.4 Å². The molecule has 0 aromatic heterocycles. The van der Waals surface area contributed by atoms with Crippen LogP contribution in [0.5, 0.6) is 11.5 Å². The van der Waals surface area contributed by atoms with Crippen LogP contribution in [0.3, 0.4) is 0 Å². The molecule has 0 saturated carbocycles. The SMILES string of the molecule is COc1cc(OC)cc(C2(F)CCN(C(=O)Cc3ccccc3Cl)CC2)c1. The number of halogens is 2. The molecule has 2 aromatic rings. The van der Waals surface area contributed by atoms with Crippen LogP contribution in [0.25, 0.3) is 0 Å². The summed E-state index contributed by atoms with van der Waals surface area (Å²) in [6, 6.07) is 12.4. The van der Waals surface area contributed by atoms with Crippen LogP contribution in [-0.4, -0.2) is 38.1 Å². The predicted molar refractivity (Wildman–Crippen MR) is 103 cm³/mol. The molecule has 0 bridgehead atoms. The van der Waals surface area contributed by atoms with Crippen LogP contribution in [0.15, 0.2) is 42.5 Å². The van der Waals surface area contributed by atoms with Gasteiger partial charge in [0.1, 0.15) is 17.2 Å². The quantitative estimate of drug-likeness (QED) is 0.758. The summed E-state index contributed by atoms with van der Waals surface area (Å²) in [6.07, 6.45) is 0.696. The van der Waals surface area contributed by atoms with Gasteiger partial charge in [-0.25, -0.2) is 4.39 Å². The van der Waals surface area contributed by atoms with Gasteiger partial charge >= 0.3 is 0 Å². The molecular weight excluding hydrogens is 369 g/mol. The maximum Gasteiger partial charge on any atom is 0.227 e. The van der Waals surface area contributed by atoms with E-state index < -0.39 is 5.67 Å². The normalized spacial score (nSPS) is 16.1. The molecular formula is C21H23ClFNO3. The van der Waals surface area contributed by atoms with Gasteiger partial charge in [0.05, 0.1) is 20.6 Å². The Labute approximate surface area is 163 Å². The number of methoxy groups -OCH3 is 2. The van der Waals surface area contributed by atoms with Crippen molar-refractivity contribution in [2.24, 2.45) is 0 Å². The molecule has 0 atom stereocenters. The van der Waals surface area contributed by atoms with E-state index in [4.69, 9.17) is 21.1 Å². The molecule has 2 aromatic carbocycles. The van der Waals surface area contributed by atoms with Crippen molar-refractivity contribution in [2.45, 2.75) is 24.9 Å². The van der Waals surface area contributed by atoms with E-state index in [-0.39, 0.29) is 25.2 Å². The molecule has 0 spiro atoms. The van der Waals surface area contributed by atoms with Crippen LogP contribution < -0.4 is 9.47 Å². The summed E-state index contributed by atoms with van der Waals surface area (Å²) in [7, 11) is 3.08. The van der Waals surface area contributed by atoms with Crippen LogP contribution in [-0.2, 0) is 16.9 Å². The van der Waals surface area contributed by atoms with Crippen LogP contribution >= 0.6 is 11.6 Å². The molecule has 144 valence electrons. The highest BCUT2D eigenvalue weighted by Gasteiger charge is 2.38. The number of hydrogen-bond acceptors (Lipinski definition) is 3. The fourth-order valence-electron chi connectivity index (χ4n) is 3.38. The number of alkyl halides is 1. The van der Waals surface area contributed by atoms with E-state index in [9.17, 15) is 4.79 Å². The first-order valence-electron chi connectivity index (χ1n) is 8.89. The lowest BCUT2D eigenvalue weighted by atomic mass is 9.85. The first-order valence-corrected chi connectivity index (χ1v) is 9.26. The zero-order chi connectivity index (χ0) is 19.4. The Bertz CT molecular complexity index is 797. The molecule has 0 aliphatic carbocycles. The molecule has 1 amide bonds. The van der Waals surface area contributed by atoms with Crippen molar-refractivity contribution in [3.05, 3.63) is 58.6 Å². The molecule has 1 fully saturated rings. The number of nitrogens with zero attached hydrogens (tertiary/aromatic N) is 1. The highest BCUT2D eigenvalue weighted by molar-refractivity contribution is 6.31. The minimum Gasteiger partial charge on any atom is -0.497 e. The molecule has 1 aliphatic rings. The van der Waals surface area contributed by atoms with Crippen molar-refractivity contribution in [1.29, 1.82) is 0 Å². The highest BCUT2D eigenvalue weighted by atomic mass is 35.5. The van der Waals surface area contributed by atoms with Gasteiger partial charge < -0.3 is 14.4 Å². The number of carbonyl (C=O) groups excluding carboxylic acids is 1. The molecule has 0 N–H and O–H groups in total. The first-order chi connectivity index (χ1) is 12.9. The van der Waals surface area contributed by atoms with E-state index in [0.29, 0.717) is 35.2 Å². The number of amides is 1. The van der Waals surface area contributed by atoms with E-state index in [0.717, 1.165) is 5.56 Å². The Balaban J connectivity index is 1.69. The Kier molecular flexibility index (Phi) is 5.90. The van der Waals surface area contributed by atoms with Gasteiger partial charge in [-0.2, -0.15) is 0 Å². The van der Waals surface area contributed by atoms with Crippen molar-refractivity contribution in [3.63, 3.8) is 0 Å². The maximum atomic E-state index is 15.6. The van der Waals surface area contributed by atoms with Gasteiger partial charge in [0, 0.05) is 37.0 Å². The second-order valence-electron chi connectivity index (χ2n) is 6.72. The number of piperidine rings is 1. The van der Waals surface area contributed by atoms with Crippen LogP contribution in [0.1, 0.15) is 24.0 Å². The highest BCUT2D eigenvalue weighted by Crippen LogP contribution is 2.40. The number of ether oxygens (including phenoxy) is 2. The number of hydrogen-bond donors (Lipinski definition) is 0. The summed E-state index contributed by atoms with van der Waals surface area (Å²) in [5.41, 5.74) is -0.195. The average molecular weight is 392 g/mol. The van der Waals surface area contributed by atoms with Crippen LogP contribution in [0, 0.1) is 0 Å². The zero-order valence-corrected chi connectivity index (χ0v) is 16.3. The molecule has 6 heteroatoms. The fourth-order valence-corrected chi connectivity index (χ4v) is 3.58. The summed E-state index contributed by atoms with van der Waals surface area (Å²) in [6.45, 7) is 0.721. The number of rotatable bonds is 5. The molecule has 1 saturated heterocycles. The third kappa shape index (κ3) is 4.35. The third-order valence-electron chi connectivity index (χ3n) is 5.08. The second-order valence-corrected chi connectivity index (χ2v) is 7.12. The molecule has 0 unspecified atom stereocenters. The molecule has 0 radical (unpaired) electrons. The predicted octanol–water partition coefficient (Wildman–Crippen LogP) is 4.39. The van der Waals surface area contributed by atoms with Gasteiger partial charge in [-0.3, -0.25) is 4.79 Å². The molecule has 27 heavy (non-hydrogen) atoms.